The third kappa shape index (κ3) is 5.43. The second kappa shape index (κ2) is 9.52. The molecule has 1 aliphatic rings. The summed E-state index contributed by atoms with van der Waals surface area (Å²) in [5, 5.41) is 11.5. The summed E-state index contributed by atoms with van der Waals surface area (Å²) < 4.78 is 1.92. The maximum absolute atomic E-state index is 12.7. The average Bonchev–Trinajstić information content (AvgIpc) is 2.84. The lowest BCUT2D eigenvalue weighted by molar-refractivity contribution is -0.145. The van der Waals surface area contributed by atoms with Crippen LogP contribution in [0.15, 0.2) is 17.6 Å². The Kier molecular flexibility index (Phi) is 8.24. The third-order valence-electron chi connectivity index (χ3n) is 4.60. The number of nitrogens with one attached hydrogen (secondary N) is 1. The molecule has 2 heterocycles. The number of guanidine groups is 1. The van der Waals surface area contributed by atoms with E-state index in [9.17, 15) is 4.79 Å². The SMILES string of the molecule is C=CCNC(=NCc1nnc(C)n1C)N1CC(=O)N(C(C)C)C(C)(C)C1.I. The van der Waals surface area contributed by atoms with Gasteiger partial charge in [0.05, 0.1) is 12.1 Å². The number of aromatic nitrogens is 3. The van der Waals surface area contributed by atoms with Crippen molar-refractivity contribution < 1.29 is 4.79 Å². The molecule has 0 radical (unpaired) electrons. The lowest BCUT2D eigenvalue weighted by Gasteiger charge is -2.49. The van der Waals surface area contributed by atoms with Crippen molar-refractivity contribution in [3.8, 4) is 0 Å². The van der Waals surface area contributed by atoms with Gasteiger partial charge in [-0.2, -0.15) is 0 Å². The van der Waals surface area contributed by atoms with Gasteiger partial charge in [-0.1, -0.05) is 6.08 Å². The van der Waals surface area contributed by atoms with Crippen LogP contribution in [0.4, 0.5) is 0 Å². The van der Waals surface area contributed by atoms with Gasteiger partial charge in [-0.3, -0.25) is 4.79 Å². The Hall–Kier alpha value is -1.65. The number of piperazine rings is 1. The summed E-state index contributed by atoms with van der Waals surface area (Å²) in [4.78, 5) is 21.4. The number of aliphatic imine (C=N–C) groups is 1. The largest absolute Gasteiger partial charge is 0.353 e. The van der Waals surface area contributed by atoms with Crippen molar-refractivity contribution in [1.82, 2.24) is 29.9 Å². The predicted octanol–water partition coefficient (Wildman–Crippen LogP) is 1.70. The minimum Gasteiger partial charge on any atom is -0.353 e. The molecule has 1 saturated heterocycles. The summed E-state index contributed by atoms with van der Waals surface area (Å²) in [6, 6.07) is 0.169. The van der Waals surface area contributed by atoms with E-state index in [1.54, 1.807) is 6.08 Å². The lowest BCUT2D eigenvalue weighted by Crippen LogP contribution is -2.66. The normalized spacial score (nSPS) is 17.1. The van der Waals surface area contributed by atoms with Crippen molar-refractivity contribution in [2.45, 2.75) is 52.7 Å². The van der Waals surface area contributed by atoms with Crippen molar-refractivity contribution in [2.24, 2.45) is 12.0 Å². The van der Waals surface area contributed by atoms with Gasteiger partial charge >= 0.3 is 0 Å². The molecule has 1 amide bonds. The van der Waals surface area contributed by atoms with E-state index in [1.165, 1.54) is 0 Å². The zero-order valence-electron chi connectivity index (χ0n) is 17.2. The van der Waals surface area contributed by atoms with E-state index in [-0.39, 0.29) is 41.5 Å². The number of nitrogens with zero attached hydrogens (tertiary/aromatic N) is 6. The highest BCUT2D eigenvalue weighted by molar-refractivity contribution is 14.0. The van der Waals surface area contributed by atoms with Crippen LogP contribution in [0.2, 0.25) is 0 Å². The van der Waals surface area contributed by atoms with Gasteiger partial charge in [-0.05, 0) is 34.6 Å². The molecule has 0 unspecified atom stereocenters. The van der Waals surface area contributed by atoms with Gasteiger partial charge in [0.15, 0.2) is 11.8 Å². The van der Waals surface area contributed by atoms with Crippen molar-refractivity contribution in [2.75, 3.05) is 19.6 Å². The number of carbonyl (C=O) groups is 1. The van der Waals surface area contributed by atoms with E-state index in [2.05, 4.69) is 54.8 Å². The molecule has 0 spiro atoms. The fourth-order valence-corrected chi connectivity index (χ4v) is 3.48. The average molecular weight is 489 g/mol. The first-order valence-corrected chi connectivity index (χ1v) is 8.98. The summed E-state index contributed by atoms with van der Waals surface area (Å²) in [6.07, 6.45) is 1.78. The minimum absolute atomic E-state index is 0. The molecule has 8 nitrogen and oxygen atoms in total. The van der Waals surface area contributed by atoms with Gasteiger partial charge in [0, 0.05) is 26.2 Å². The number of rotatable bonds is 5. The number of aryl methyl sites for hydroxylation is 1. The molecule has 2 rings (SSSR count). The molecule has 152 valence electrons. The monoisotopic (exact) mass is 489 g/mol. The van der Waals surface area contributed by atoms with E-state index in [0.717, 1.165) is 11.6 Å². The van der Waals surface area contributed by atoms with Crippen LogP contribution in [0.3, 0.4) is 0 Å². The van der Waals surface area contributed by atoms with Crippen molar-refractivity contribution in [3.05, 3.63) is 24.3 Å². The van der Waals surface area contributed by atoms with Crippen LogP contribution in [0.5, 0.6) is 0 Å². The lowest BCUT2D eigenvalue weighted by atomic mass is 9.96. The topological polar surface area (TPSA) is 78.6 Å². The predicted molar refractivity (Wildman–Crippen MR) is 118 cm³/mol. The van der Waals surface area contributed by atoms with Crippen LogP contribution < -0.4 is 5.32 Å². The zero-order valence-corrected chi connectivity index (χ0v) is 19.5. The fraction of sp³-hybridized carbons (Fsp3) is 0.667. The van der Waals surface area contributed by atoms with E-state index < -0.39 is 0 Å². The van der Waals surface area contributed by atoms with E-state index in [4.69, 9.17) is 0 Å². The minimum atomic E-state index is -0.276. The summed E-state index contributed by atoms with van der Waals surface area (Å²) >= 11 is 0. The Bertz CT molecular complexity index is 696. The highest BCUT2D eigenvalue weighted by Gasteiger charge is 2.40. The molecule has 0 bridgehead atoms. The third-order valence-corrected chi connectivity index (χ3v) is 4.60. The van der Waals surface area contributed by atoms with Gasteiger partial charge in [-0.15, -0.1) is 40.8 Å². The first-order valence-electron chi connectivity index (χ1n) is 8.98. The van der Waals surface area contributed by atoms with Crippen LogP contribution in [0.25, 0.3) is 0 Å². The molecule has 0 aromatic carbocycles. The molecule has 1 N–H and O–H groups in total. The van der Waals surface area contributed by atoms with Crippen molar-refractivity contribution >= 4 is 35.8 Å². The van der Waals surface area contributed by atoms with Crippen LogP contribution >= 0.6 is 24.0 Å². The molecule has 0 saturated carbocycles. The Morgan fingerprint density at radius 3 is 2.56 bits per heavy atom. The second-order valence-electron chi connectivity index (χ2n) is 7.56. The molecule has 9 heteroatoms. The summed E-state index contributed by atoms with van der Waals surface area (Å²) in [5.41, 5.74) is -0.276. The van der Waals surface area contributed by atoms with Crippen LogP contribution in [0.1, 0.15) is 39.3 Å². The van der Waals surface area contributed by atoms with Crippen molar-refractivity contribution in [3.63, 3.8) is 0 Å². The van der Waals surface area contributed by atoms with Gasteiger partial charge < -0.3 is 19.7 Å². The van der Waals surface area contributed by atoms with Gasteiger partial charge in [0.2, 0.25) is 5.91 Å². The molecule has 27 heavy (non-hydrogen) atoms. The molecular formula is C18H32IN7O. The number of hydrogen-bond donors (Lipinski definition) is 1. The quantitative estimate of drug-likeness (QED) is 0.295. The van der Waals surface area contributed by atoms with Gasteiger partial charge in [0.25, 0.3) is 0 Å². The van der Waals surface area contributed by atoms with E-state index >= 15 is 0 Å². The zero-order chi connectivity index (χ0) is 19.5. The summed E-state index contributed by atoms with van der Waals surface area (Å²) in [5.74, 6) is 2.43. The Balaban J connectivity index is 0.00000364. The fourth-order valence-electron chi connectivity index (χ4n) is 3.48. The van der Waals surface area contributed by atoms with Crippen LogP contribution in [-0.4, -0.2) is 67.6 Å². The Morgan fingerprint density at radius 1 is 1.41 bits per heavy atom. The van der Waals surface area contributed by atoms with Gasteiger partial charge in [0.1, 0.15) is 12.4 Å². The molecule has 1 aliphatic heterocycles. The Labute approximate surface area is 179 Å². The Morgan fingerprint density at radius 2 is 2.07 bits per heavy atom. The summed E-state index contributed by atoms with van der Waals surface area (Å²) in [7, 11) is 1.92. The van der Waals surface area contributed by atoms with Gasteiger partial charge in [-0.25, -0.2) is 4.99 Å². The highest BCUT2D eigenvalue weighted by atomic mass is 127. The first kappa shape index (κ1) is 23.4. The molecule has 0 aliphatic carbocycles. The van der Waals surface area contributed by atoms with Crippen molar-refractivity contribution in [1.29, 1.82) is 0 Å². The van der Waals surface area contributed by atoms with E-state index in [1.807, 2.05) is 28.3 Å². The molecule has 1 fully saturated rings. The standard InChI is InChI=1S/C18H31N7O.HI/c1-8-9-19-17(20-10-15-22-21-14(4)23(15)7)24-11-16(26)25(13(2)3)18(5,6)12-24;/h8,13H,1,9-12H2,2-7H3,(H,19,20);1H. The van der Waals surface area contributed by atoms with Crippen LogP contribution in [0, 0.1) is 6.92 Å². The highest BCUT2D eigenvalue weighted by Crippen LogP contribution is 2.24. The molecule has 1 aromatic rings. The first-order chi connectivity index (χ1) is 12.2. The summed E-state index contributed by atoms with van der Waals surface area (Å²) in [6.45, 7) is 15.9. The maximum Gasteiger partial charge on any atom is 0.242 e. The van der Waals surface area contributed by atoms with E-state index in [0.29, 0.717) is 32.1 Å². The molecule has 1 aromatic heterocycles. The smallest absolute Gasteiger partial charge is 0.242 e. The van der Waals surface area contributed by atoms with Crippen LogP contribution in [-0.2, 0) is 18.4 Å². The number of carbonyl (C=O) groups excluding carboxylic acids is 1. The number of halogens is 1. The second-order valence-corrected chi connectivity index (χ2v) is 7.56. The number of hydrogen-bond acceptors (Lipinski definition) is 4. The molecular weight excluding hydrogens is 457 g/mol. The number of amides is 1. The maximum atomic E-state index is 12.7. The molecule has 0 atom stereocenters.